The number of nitrogens with one attached hydrogen (secondary N) is 2. The summed E-state index contributed by atoms with van der Waals surface area (Å²) in [4.78, 5) is 38.7. The summed E-state index contributed by atoms with van der Waals surface area (Å²) in [6, 6.07) is 16.1. The van der Waals surface area contributed by atoms with Gasteiger partial charge >= 0.3 is 18.1 Å². The fourth-order valence-electron chi connectivity index (χ4n) is 7.11. The number of hydrogen-bond acceptors (Lipinski definition) is 5. The smallest absolute Gasteiger partial charge is 0.410 e. The SMILES string of the molecule is O=C(NCC1CCC(C(=O)O)CC1)N/N=C1\CCC2CCN(C(=O)OCC3c4ccccc4-c4ccccc43)C12. The number of ether oxygens (including phenoxy) is 1. The van der Waals surface area contributed by atoms with Crippen LogP contribution >= 0.6 is 0 Å². The largest absolute Gasteiger partial charge is 0.481 e. The Bertz CT molecular complexity index is 1270. The number of carboxylic acids is 1. The third kappa shape index (κ3) is 5.17. The Hall–Kier alpha value is -3.88. The van der Waals surface area contributed by atoms with Crippen LogP contribution in [-0.2, 0) is 9.53 Å². The lowest BCUT2D eigenvalue weighted by Crippen LogP contribution is -2.42. The average molecular weight is 545 g/mol. The van der Waals surface area contributed by atoms with Gasteiger partial charge in [0.25, 0.3) is 0 Å². The zero-order valence-electron chi connectivity index (χ0n) is 22.6. The fourth-order valence-corrected chi connectivity index (χ4v) is 7.11. The summed E-state index contributed by atoms with van der Waals surface area (Å²) >= 11 is 0. The number of aliphatic carboxylic acids is 1. The van der Waals surface area contributed by atoms with Gasteiger partial charge in [-0.05, 0) is 79.0 Å². The van der Waals surface area contributed by atoms with Gasteiger partial charge in [-0.2, -0.15) is 5.10 Å². The highest BCUT2D eigenvalue weighted by Gasteiger charge is 2.45. The van der Waals surface area contributed by atoms with E-state index in [-0.39, 0.29) is 42.5 Å². The second-order valence-electron chi connectivity index (χ2n) is 11.5. The number of carbonyl (C=O) groups is 3. The molecule has 1 aliphatic heterocycles. The highest BCUT2D eigenvalue weighted by atomic mass is 16.6. The first-order chi connectivity index (χ1) is 19.5. The molecule has 0 bridgehead atoms. The van der Waals surface area contributed by atoms with Crippen LogP contribution in [-0.4, -0.2) is 59.6 Å². The van der Waals surface area contributed by atoms with Crippen molar-refractivity contribution >= 4 is 23.8 Å². The number of carboxylic acid groups (broad SMARTS) is 1. The second-order valence-corrected chi connectivity index (χ2v) is 11.5. The maximum atomic E-state index is 13.3. The van der Waals surface area contributed by atoms with Gasteiger partial charge in [0.15, 0.2) is 0 Å². The van der Waals surface area contributed by atoms with Crippen LogP contribution in [0.1, 0.15) is 62.0 Å². The first-order valence-corrected chi connectivity index (χ1v) is 14.4. The molecule has 3 fully saturated rings. The lowest BCUT2D eigenvalue weighted by molar-refractivity contribution is -0.143. The van der Waals surface area contributed by atoms with E-state index in [1.54, 1.807) is 4.90 Å². The van der Waals surface area contributed by atoms with Gasteiger partial charge in [-0.3, -0.25) is 9.69 Å². The van der Waals surface area contributed by atoms with Crippen LogP contribution in [0.25, 0.3) is 11.1 Å². The third-order valence-electron chi connectivity index (χ3n) is 9.25. The molecule has 2 aromatic rings. The fraction of sp³-hybridized carbons (Fsp3) is 0.484. The van der Waals surface area contributed by atoms with Gasteiger partial charge in [0, 0.05) is 19.0 Å². The molecule has 9 heteroatoms. The van der Waals surface area contributed by atoms with E-state index >= 15 is 0 Å². The van der Waals surface area contributed by atoms with Gasteiger partial charge in [0.2, 0.25) is 0 Å². The number of amides is 3. The average Bonchev–Trinajstić information content (AvgIpc) is 3.67. The van der Waals surface area contributed by atoms with Gasteiger partial charge < -0.3 is 15.2 Å². The summed E-state index contributed by atoms with van der Waals surface area (Å²) in [5.74, 6) is -0.375. The van der Waals surface area contributed by atoms with Crippen molar-refractivity contribution in [3.05, 3.63) is 59.7 Å². The molecule has 9 nitrogen and oxygen atoms in total. The molecule has 2 saturated carbocycles. The molecule has 1 heterocycles. The zero-order chi connectivity index (χ0) is 27.6. The third-order valence-corrected chi connectivity index (χ3v) is 9.25. The first-order valence-electron chi connectivity index (χ1n) is 14.4. The molecule has 0 spiro atoms. The van der Waals surface area contributed by atoms with E-state index in [2.05, 4.69) is 40.1 Å². The van der Waals surface area contributed by atoms with Crippen LogP contribution in [0.3, 0.4) is 0 Å². The number of fused-ring (bicyclic) bond motifs is 4. The second kappa shape index (κ2) is 11.3. The first kappa shape index (κ1) is 26.3. The Kier molecular flexibility index (Phi) is 7.45. The van der Waals surface area contributed by atoms with E-state index in [9.17, 15) is 14.4 Å². The minimum absolute atomic E-state index is 0.0102. The van der Waals surface area contributed by atoms with Crippen LogP contribution in [0.2, 0.25) is 0 Å². The topological polar surface area (TPSA) is 120 Å². The van der Waals surface area contributed by atoms with Gasteiger partial charge in [-0.25, -0.2) is 15.0 Å². The van der Waals surface area contributed by atoms with Crippen LogP contribution < -0.4 is 10.7 Å². The number of hydrogen-bond donors (Lipinski definition) is 3. The monoisotopic (exact) mass is 544 g/mol. The van der Waals surface area contributed by atoms with Crippen LogP contribution in [0.5, 0.6) is 0 Å². The summed E-state index contributed by atoms with van der Waals surface area (Å²) in [6.07, 6.45) is 5.15. The Morgan fingerprint density at radius 1 is 0.925 bits per heavy atom. The van der Waals surface area contributed by atoms with Crippen molar-refractivity contribution in [2.24, 2.45) is 22.9 Å². The number of hydrazone groups is 1. The molecular formula is C31H36N4O5. The van der Waals surface area contributed by atoms with Crippen molar-refractivity contribution in [1.29, 1.82) is 0 Å². The van der Waals surface area contributed by atoms with Crippen molar-refractivity contribution in [1.82, 2.24) is 15.6 Å². The lowest BCUT2D eigenvalue weighted by Gasteiger charge is -2.26. The highest BCUT2D eigenvalue weighted by Crippen LogP contribution is 2.45. The van der Waals surface area contributed by atoms with E-state index in [0.29, 0.717) is 31.8 Å². The molecule has 4 aliphatic rings. The summed E-state index contributed by atoms with van der Waals surface area (Å²) in [5.41, 5.74) is 8.20. The van der Waals surface area contributed by atoms with Gasteiger partial charge in [-0.1, -0.05) is 48.5 Å². The lowest BCUT2D eigenvalue weighted by atomic mass is 9.82. The number of likely N-dealkylation sites (tertiary alicyclic amines) is 1. The normalized spacial score (nSPS) is 26.2. The molecule has 0 aromatic heterocycles. The molecule has 2 aromatic carbocycles. The molecule has 3 amide bonds. The minimum atomic E-state index is -0.728. The Morgan fingerprint density at radius 2 is 1.60 bits per heavy atom. The number of urea groups is 1. The molecule has 6 rings (SSSR count). The molecule has 2 unspecified atom stereocenters. The molecule has 40 heavy (non-hydrogen) atoms. The van der Waals surface area contributed by atoms with Crippen molar-refractivity contribution in [2.45, 2.75) is 56.9 Å². The minimum Gasteiger partial charge on any atom is -0.481 e. The maximum Gasteiger partial charge on any atom is 0.410 e. The highest BCUT2D eigenvalue weighted by molar-refractivity contribution is 5.95. The maximum absolute atomic E-state index is 13.3. The molecule has 3 N–H and O–H groups in total. The Morgan fingerprint density at radius 3 is 2.27 bits per heavy atom. The van der Waals surface area contributed by atoms with Crippen LogP contribution in [0.15, 0.2) is 53.6 Å². The number of carbonyl (C=O) groups excluding carboxylic acids is 2. The summed E-state index contributed by atoms with van der Waals surface area (Å²) in [5, 5.41) is 16.5. The number of nitrogens with zero attached hydrogens (tertiary/aromatic N) is 2. The van der Waals surface area contributed by atoms with Crippen molar-refractivity contribution in [3.63, 3.8) is 0 Å². The van der Waals surface area contributed by atoms with E-state index in [4.69, 9.17) is 9.84 Å². The molecule has 2 atom stereocenters. The van der Waals surface area contributed by atoms with Crippen molar-refractivity contribution in [3.8, 4) is 11.1 Å². The number of rotatable bonds is 6. The molecule has 3 aliphatic carbocycles. The summed E-state index contributed by atoms with van der Waals surface area (Å²) in [7, 11) is 0. The van der Waals surface area contributed by atoms with Gasteiger partial charge in [0.1, 0.15) is 6.61 Å². The molecule has 210 valence electrons. The van der Waals surface area contributed by atoms with E-state index in [1.165, 1.54) is 22.3 Å². The molecule has 0 radical (unpaired) electrons. The summed E-state index contributed by atoms with van der Waals surface area (Å²) in [6.45, 7) is 1.40. The van der Waals surface area contributed by atoms with E-state index in [1.807, 2.05) is 24.3 Å². The summed E-state index contributed by atoms with van der Waals surface area (Å²) < 4.78 is 5.93. The van der Waals surface area contributed by atoms with Crippen molar-refractivity contribution in [2.75, 3.05) is 19.7 Å². The quantitative estimate of drug-likeness (QED) is 0.444. The zero-order valence-corrected chi connectivity index (χ0v) is 22.6. The Balaban J connectivity index is 1.03. The van der Waals surface area contributed by atoms with Gasteiger partial charge in [0.05, 0.1) is 17.7 Å². The van der Waals surface area contributed by atoms with Crippen LogP contribution in [0, 0.1) is 17.8 Å². The number of benzene rings is 2. The van der Waals surface area contributed by atoms with Crippen molar-refractivity contribution < 1.29 is 24.2 Å². The molecule has 1 saturated heterocycles. The predicted molar refractivity (Wildman–Crippen MR) is 150 cm³/mol. The van der Waals surface area contributed by atoms with E-state index < -0.39 is 5.97 Å². The van der Waals surface area contributed by atoms with E-state index in [0.717, 1.165) is 37.8 Å². The van der Waals surface area contributed by atoms with Gasteiger partial charge in [-0.15, -0.1) is 0 Å². The predicted octanol–water partition coefficient (Wildman–Crippen LogP) is 4.97. The Labute approximate surface area is 234 Å². The van der Waals surface area contributed by atoms with Crippen LogP contribution in [0.4, 0.5) is 9.59 Å². The molecular weight excluding hydrogens is 508 g/mol. The standard InChI is InChI=1S/C31H36N4O5/c36-29(37)21-11-9-19(10-12-21)17-32-30(38)34-33-27-14-13-20-15-16-35(28(20)27)31(39)40-18-26-24-7-3-1-5-22(24)23-6-2-4-8-25(23)26/h1-8,19-21,26,28H,9-18H2,(H,36,37)(H2,32,34,38)/b33-27+.